The van der Waals surface area contributed by atoms with Crippen molar-refractivity contribution in [2.45, 2.75) is 44.9 Å². The predicted molar refractivity (Wildman–Crippen MR) is 85.4 cm³/mol. The molecule has 2 atom stereocenters. The molecule has 2 unspecified atom stereocenters. The van der Waals surface area contributed by atoms with Gasteiger partial charge in [0.25, 0.3) is 0 Å². The third kappa shape index (κ3) is 3.55. The summed E-state index contributed by atoms with van der Waals surface area (Å²) in [6.07, 6.45) is 1.74. The fourth-order valence-corrected chi connectivity index (χ4v) is 2.92. The van der Waals surface area contributed by atoms with E-state index in [4.69, 9.17) is 4.74 Å². The van der Waals surface area contributed by atoms with Crippen LogP contribution in [0.15, 0.2) is 18.3 Å². The molecule has 1 N–H and O–H groups in total. The second-order valence-electron chi connectivity index (χ2n) is 6.10. The van der Waals surface area contributed by atoms with Gasteiger partial charge in [-0.1, -0.05) is 6.07 Å². The van der Waals surface area contributed by atoms with Crippen molar-refractivity contribution in [1.82, 2.24) is 9.88 Å². The van der Waals surface area contributed by atoms with Gasteiger partial charge in [0.05, 0.1) is 12.1 Å². The number of aromatic nitrogens is 1. The first-order chi connectivity index (χ1) is 10.8. The summed E-state index contributed by atoms with van der Waals surface area (Å²) in [5, 5.41) is 9.43. The van der Waals surface area contributed by atoms with Gasteiger partial charge in [-0.15, -0.1) is 0 Å². The maximum absolute atomic E-state index is 12.4. The van der Waals surface area contributed by atoms with Crippen LogP contribution in [0.25, 0.3) is 0 Å². The highest BCUT2D eigenvalue weighted by molar-refractivity contribution is 5.81. The lowest BCUT2D eigenvalue weighted by molar-refractivity contribution is -0.142. The minimum absolute atomic E-state index is 0.305. The minimum atomic E-state index is -1.01. The first kappa shape index (κ1) is 17.1. The normalized spacial score (nSPS) is 20.7. The molecule has 1 amide bonds. The van der Waals surface area contributed by atoms with Crippen LogP contribution in [0.1, 0.15) is 38.3 Å². The third-order valence-corrected chi connectivity index (χ3v) is 3.82. The van der Waals surface area contributed by atoms with Gasteiger partial charge < -0.3 is 14.7 Å². The topological polar surface area (TPSA) is 83.0 Å². The molecule has 0 saturated carbocycles. The van der Waals surface area contributed by atoms with Gasteiger partial charge in [0, 0.05) is 25.9 Å². The number of rotatable bonds is 4. The largest absolute Gasteiger partial charge is 0.480 e. The molecule has 126 valence electrons. The average Bonchev–Trinajstić information content (AvgIpc) is 2.91. The number of amides is 1. The van der Waals surface area contributed by atoms with Crippen LogP contribution in [0, 0.1) is 0 Å². The molecule has 0 radical (unpaired) electrons. The molecule has 7 heteroatoms. The number of carbonyl (C=O) groups excluding carboxylic acids is 1. The Hall–Kier alpha value is -2.31. The van der Waals surface area contributed by atoms with Gasteiger partial charge in [-0.25, -0.2) is 14.6 Å². The van der Waals surface area contributed by atoms with E-state index in [1.54, 1.807) is 26.1 Å². The zero-order chi connectivity index (χ0) is 17.1. The molecule has 1 aliphatic rings. The summed E-state index contributed by atoms with van der Waals surface area (Å²) in [5.74, 6) is -0.283. The lowest BCUT2D eigenvalue weighted by Gasteiger charge is -2.30. The van der Waals surface area contributed by atoms with Crippen molar-refractivity contribution in [3.05, 3.63) is 23.9 Å². The third-order valence-electron chi connectivity index (χ3n) is 3.82. The van der Waals surface area contributed by atoms with E-state index < -0.39 is 18.1 Å². The highest BCUT2D eigenvalue weighted by Gasteiger charge is 2.43. The summed E-state index contributed by atoms with van der Waals surface area (Å²) < 4.78 is 5.26. The zero-order valence-corrected chi connectivity index (χ0v) is 13.9. The van der Waals surface area contributed by atoms with E-state index in [9.17, 15) is 14.7 Å². The van der Waals surface area contributed by atoms with Crippen LogP contribution in [-0.4, -0.2) is 53.3 Å². The van der Waals surface area contributed by atoms with Crippen molar-refractivity contribution >= 4 is 17.9 Å². The number of hydrogen-bond donors (Lipinski definition) is 1. The van der Waals surface area contributed by atoms with Crippen LogP contribution in [0.2, 0.25) is 0 Å². The van der Waals surface area contributed by atoms with Gasteiger partial charge in [0.15, 0.2) is 0 Å². The fourth-order valence-electron chi connectivity index (χ4n) is 2.92. The quantitative estimate of drug-likeness (QED) is 0.916. The van der Waals surface area contributed by atoms with E-state index >= 15 is 0 Å². The Morgan fingerprint density at radius 2 is 2.09 bits per heavy atom. The Balaban J connectivity index is 2.40. The number of carbonyl (C=O) groups is 2. The summed E-state index contributed by atoms with van der Waals surface area (Å²) in [7, 11) is 3.73. The molecule has 0 aromatic carbocycles. The number of nitrogens with zero attached hydrogens (tertiary/aromatic N) is 3. The molecule has 1 aromatic heterocycles. The van der Waals surface area contributed by atoms with Crippen LogP contribution < -0.4 is 4.90 Å². The van der Waals surface area contributed by atoms with E-state index in [-0.39, 0.29) is 12.1 Å². The van der Waals surface area contributed by atoms with Gasteiger partial charge in [0.2, 0.25) is 0 Å². The van der Waals surface area contributed by atoms with E-state index in [0.717, 1.165) is 11.4 Å². The monoisotopic (exact) mass is 321 g/mol. The number of likely N-dealkylation sites (tertiary alicyclic amines) is 1. The predicted octanol–water partition coefficient (Wildman–Crippen LogP) is 2.28. The van der Waals surface area contributed by atoms with Crippen LogP contribution >= 0.6 is 0 Å². The molecule has 2 heterocycles. The van der Waals surface area contributed by atoms with E-state index in [0.29, 0.717) is 12.8 Å². The van der Waals surface area contributed by atoms with Gasteiger partial charge in [-0.05, 0) is 32.8 Å². The van der Waals surface area contributed by atoms with Gasteiger partial charge in [-0.2, -0.15) is 0 Å². The van der Waals surface area contributed by atoms with Crippen LogP contribution in [0.3, 0.4) is 0 Å². The van der Waals surface area contributed by atoms with Crippen LogP contribution in [0.4, 0.5) is 10.6 Å². The molecule has 1 saturated heterocycles. The summed E-state index contributed by atoms with van der Waals surface area (Å²) in [4.78, 5) is 31.5. The Labute approximate surface area is 135 Å². The van der Waals surface area contributed by atoms with Gasteiger partial charge >= 0.3 is 12.1 Å². The maximum Gasteiger partial charge on any atom is 0.411 e. The number of pyridine rings is 1. The first-order valence-corrected chi connectivity index (χ1v) is 7.67. The lowest BCUT2D eigenvalue weighted by atomic mass is 10.1. The number of ether oxygens (including phenoxy) is 1. The molecular weight excluding hydrogens is 298 g/mol. The van der Waals surface area contributed by atoms with Crippen molar-refractivity contribution in [1.29, 1.82) is 0 Å². The van der Waals surface area contributed by atoms with Crippen LogP contribution in [-0.2, 0) is 9.53 Å². The summed E-state index contributed by atoms with van der Waals surface area (Å²) in [6, 6.07) is 2.45. The lowest BCUT2D eigenvalue weighted by Crippen LogP contribution is -2.43. The summed E-state index contributed by atoms with van der Waals surface area (Å²) >= 11 is 0. The molecule has 0 spiro atoms. The molecule has 1 fully saturated rings. The van der Waals surface area contributed by atoms with Crippen molar-refractivity contribution < 1.29 is 19.4 Å². The summed E-state index contributed by atoms with van der Waals surface area (Å²) in [6.45, 7) is 3.49. The molecule has 0 bridgehead atoms. The maximum atomic E-state index is 12.4. The second kappa shape index (κ2) is 6.85. The van der Waals surface area contributed by atoms with Crippen molar-refractivity contribution in [2.24, 2.45) is 0 Å². The highest BCUT2D eigenvalue weighted by Crippen LogP contribution is 2.39. The number of carboxylic acids is 1. The molecule has 0 aliphatic carbocycles. The highest BCUT2D eigenvalue weighted by atomic mass is 16.6. The molecule has 7 nitrogen and oxygen atoms in total. The smallest absolute Gasteiger partial charge is 0.411 e. The van der Waals surface area contributed by atoms with Gasteiger partial charge in [0.1, 0.15) is 11.9 Å². The van der Waals surface area contributed by atoms with Crippen molar-refractivity contribution in [2.75, 3.05) is 19.0 Å². The van der Waals surface area contributed by atoms with E-state index in [2.05, 4.69) is 4.98 Å². The molecule has 23 heavy (non-hydrogen) atoms. The molecule has 1 aliphatic heterocycles. The number of hydrogen-bond acceptors (Lipinski definition) is 5. The number of carboxylic acid groups (broad SMARTS) is 1. The second-order valence-corrected chi connectivity index (χ2v) is 6.10. The standard InChI is InChI=1S/C16H23N3O4/c1-10(2)23-16(22)19-12(7-8-13(19)15(20)21)11-6-5-9-17-14(11)18(3)4/h5-6,9-10,12-13H,7-8H2,1-4H3,(H,20,21). The Bertz CT molecular complexity index is 588. The first-order valence-electron chi connectivity index (χ1n) is 7.67. The SMILES string of the molecule is CC(C)OC(=O)N1C(C(=O)O)CCC1c1cccnc1N(C)C. The number of aliphatic carboxylic acids is 1. The van der Waals surface area contributed by atoms with Gasteiger partial charge in [-0.3, -0.25) is 4.90 Å². The van der Waals surface area contributed by atoms with E-state index in [1.807, 2.05) is 25.1 Å². The minimum Gasteiger partial charge on any atom is -0.480 e. The summed E-state index contributed by atoms with van der Waals surface area (Å²) in [5.41, 5.74) is 0.835. The molecule has 1 aromatic rings. The molecular formula is C16H23N3O4. The Morgan fingerprint density at radius 3 is 2.65 bits per heavy atom. The number of anilines is 1. The average molecular weight is 321 g/mol. The van der Waals surface area contributed by atoms with Crippen LogP contribution in [0.5, 0.6) is 0 Å². The van der Waals surface area contributed by atoms with Crippen molar-refractivity contribution in [3.63, 3.8) is 0 Å². The fraction of sp³-hybridized carbons (Fsp3) is 0.562. The Kier molecular flexibility index (Phi) is 5.08. The van der Waals surface area contributed by atoms with Crippen molar-refractivity contribution in [3.8, 4) is 0 Å². The molecule has 2 rings (SSSR count). The Morgan fingerprint density at radius 1 is 1.39 bits per heavy atom. The zero-order valence-electron chi connectivity index (χ0n) is 13.9. The van der Waals surface area contributed by atoms with E-state index in [1.165, 1.54) is 4.90 Å².